The number of nitrogens with zero attached hydrogens (tertiary/aromatic N) is 2. The van der Waals surface area contributed by atoms with E-state index in [1.54, 1.807) is 37.1 Å². The fourth-order valence-corrected chi connectivity index (χ4v) is 5.09. The first-order chi connectivity index (χ1) is 16.5. The van der Waals surface area contributed by atoms with Crippen LogP contribution in [0.5, 0.6) is 5.75 Å². The van der Waals surface area contributed by atoms with Crippen LogP contribution < -0.4 is 14.4 Å². The normalized spacial score (nSPS) is 12.1. The van der Waals surface area contributed by atoms with Crippen molar-refractivity contribution in [2.45, 2.75) is 45.7 Å². The molecule has 0 spiro atoms. The van der Waals surface area contributed by atoms with E-state index in [0.717, 1.165) is 11.8 Å². The van der Waals surface area contributed by atoms with E-state index >= 15 is 0 Å². The Labute approximate surface area is 213 Å². The van der Waals surface area contributed by atoms with Crippen LogP contribution in [0.2, 0.25) is 5.02 Å². The maximum absolute atomic E-state index is 13.3. The number of ether oxygens (including phenoxy) is 1. The van der Waals surface area contributed by atoms with Crippen molar-refractivity contribution in [2.75, 3.05) is 31.3 Å². The van der Waals surface area contributed by atoms with Gasteiger partial charge in [0.25, 0.3) is 0 Å². The molecule has 1 atom stereocenters. The second-order valence-electron chi connectivity index (χ2n) is 8.23. The molecular weight excluding hydrogens is 490 g/mol. The van der Waals surface area contributed by atoms with Gasteiger partial charge in [0, 0.05) is 31.6 Å². The van der Waals surface area contributed by atoms with Gasteiger partial charge < -0.3 is 15.0 Å². The van der Waals surface area contributed by atoms with Crippen LogP contribution in [-0.4, -0.2) is 58.1 Å². The molecule has 0 saturated heterocycles. The first-order valence-electron chi connectivity index (χ1n) is 11.4. The Morgan fingerprint density at radius 3 is 2.46 bits per heavy atom. The highest BCUT2D eigenvalue weighted by atomic mass is 35.5. The van der Waals surface area contributed by atoms with E-state index in [-0.39, 0.29) is 37.7 Å². The third-order valence-electron chi connectivity index (χ3n) is 5.78. The second kappa shape index (κ2) is 12.8. The summed E-state index contributed by atoms with van der Waals surface area (Å²) in [6.45, 7) is 3.94. The molecule has 1 N–H and O–H groups in total. The summed E-state index contributed by atoms with van der Waals surface area (Å²) in [6, 6.07) is 11.8. The average Bonchev–Trinajstić information content (AvgIpc) is 2.82. The maximum atomic E-state index is 13.3. The van der Waals surface area contributed by atoms with Crippen molar-refractivity contribution in [3.63, 3.8) is 0 Å². The Morgan fingerprint density at radius 1 is 1.17 bits per heavy atom. The van der Waals surface area contributed by atoms with Crippen LogP contribution in [0.3, 0.4) is 0 Å². The lowest BCUT2D eigenvalue weighted by Gasteiger charge is -2.31. The molecule has 0 aliphatic carbocycles. The van der Waals surface area contributed by atoms with Crippen LogP contribution in [0.25, 0.3) is 0 Å². The number of carbonyl (C=O) groups is 2. The van der Waals surface area contributed by atoms with Crippen molar-refractivity contribution in [3.8, 4) is 5.75 Å². The van der Waals surface area contributed by atoms with Crippen molar-refractivity contribution in [2.24, 2.45) is 0 Å². The fraction of sp³-hybridized carbons (Fsp3) is 0.440. The van der Waals surface area contributed by atoms with E-state index in [2.05, 4.69) is 5.32 Å². The summed E-state index contributed by atoms with van der Waals surface area (Å²) >= 11 is 6.20. The van der Waals surface area contributed by atoms with Crippen LogP contribution in [0.4, 0.5) is 5.69 Å². The molecule has 0 aliphatic heterocycles. The Bertz CT molecular complexity index is 1140. The predicted octanol–water partition coefficient (Wildman–Crippen LogP) is 3.76. The van der Waals surface area contributed by atoms with Crippen molar-refractivity contribution in [3.05, 3.63) is 58.6 Å². The van der Waals surface area contributed by atoms with Gasteiger partial charge in [0.2, 0.25) is 21.8 Å². The average molecular weight is 524 g/mol. The van der Waals surface area contributed by atoms with Gasteiger partial charge in [0.1, 0.15) is 11.8 Å². The third-order valence-corrected chi connectivity index (χ3v) is 7.37. The Kier molecular flexibility index (Phi) is 10.4. The summed E-state index contributed by atoms with van der Waals surface area (Å²) in [5.41, 5.74) is 1.96. The second-order valence-corrected chi connectivity index (χ2v) is 10.5. The maximum Gasteiger partial charge on any atom is 0.242 e. The van der Waals surface area contributed by atoms with E-state index < -0.39 is 16.1 Å². The summed E-state index contributed by atoms with van der Waals surface area (Å²) in [4.78, 5) is 27.4. The standard InChI is InChI=1S/C25H34ClN3O5S/c1-6-22(25(31)27-3)28(17-19-10-7-11-20(16-19)34-4)24(30)14-9-15-29(35(5,32)33)23-13-8-12-21(26)18(23)2/h7-8,10-13,16,22H,6,9,14-15,17H2,1-5H3,(H,27,31)/t22-/m0/s1. The van der Waals surface area contributed by atoms with Gasteiger partial charge >= 0.3 is 0 Å². The summed E-state index contributed by atoms with van der Waals surface area (Å²) in [5, 5.41) is 3.10. The van der Waals surface area contributed by atoms with Crippen molar-refractivity contribution in [1.29, 1.82) is 0 Å². The largest absolute Gasteiger partial charge is 0.497 e. The molecule has 0 aliphatic rings. The van der Waals surface area contributed by atoms with E-state index in [1.165, 1.54) is 11.4 Å². The topological polar surface area (TPSA) is 96.0 Å². The number of carbonyl (C=O) groups excluding carboxylic acids is 2. The Morgan fingerprint density at radius 2 is 1.86 bits per heavy atom. The van der Waals surface area contributed by atoms with E-state index in [9.17, 15) is 18.0 Å². The quantitative estimate of drug-likeness (QED) is 0.457. The minimum Gasteiger partial charge on any atom is -0.497 e. The third kappa shape index (κ3) is 7.60. The summed E-state index contributed by atoms with van der Waals surface area (Å²) in [6.07, 6.45) is 1.91. The lowest BCUT2D eigenvalue weighted by atomic mass is 10.1. The van der Waals surface area contributed by atoms with Gasteiger partial charge in [-0.1, -0.05) is 36.7 Å². The number of hydrogen-bond donors (Lipinski definition) is 1. The molecule has 0 saturated carbocycles. The molecule has 192 valence electrons. The number of benzene rings is 2. The van der Waals surface area contributed by atoms with Crippen LogP contribution in [0, 0.1) is 6.92 Å². The first-order valence-corrected chi connectivity index (χ1v) is 13.6. The highest BCUT2D eigenvalue weighted by molar-refractivity contribution is 7.92. The summed E-state index contributed by atoms with van der Waals surface area (Å²) < 4.78 is 31.6. The van der Waals surface area contributed by atoms with E-state index in [4.69, 9.17) is 16.3 Å². The number of rotatable bonds is 12. The molecule has 2 amide bonds. The highest BCUT2D eigenvalue weighted by Crippen LogP contribution is 2.28. The van der Waals surface area contributed by atoms with Gasteiger partial charge in [-0.15, -0.1) is 0 Å². The minimum absolute atomic E-state index is 0.0725. The molecule has 8 nitrogen and oxygen atoms in total. The molecule has 0 heterocycles. The number of nitrogens with one attached hydrogen (secondary N) is 1. The predicted molar refractivity (Wildman–Crippen MR) is 139 cm³/mol. The van der Waals surface area contributed by atoms with Crippen LogP contribution >= 0.6 is 11.6 Å². The zero-order valence-electron chi connectivity index (χ0n) is 20.9. The number of halogens is 1. The monoisotopic (exact) mass is 523 g/mol. The molecule has 0 fully saturated rings. The van der Waals surface area contributed by atoms with Gasteiger partial charge in [-0.3, -0.25) is 13.9 Å². The van der Waals surface area contributed by atoms with Gasteiger partial charge in [0.05, 0.1) is 19.1 Å². The minimum atomic E-state index is -3.60. The molecule has 2 rings (SSSR count). The van der Waals surface area contributed by atoms with Gasteiger partial charge in [0.15, 0.2) is 0 Å². The lowest BCUT2D eigenvalue weighted by Crippen LogP contribution is -2.48. The molecule has 2 aromatic rings. The van der Waals surface area contributed by atoms with E-state index in [0.29, 0.717) is 28.4 Å². The number of methoxy groups -OCH3 is 1. The Hall–Kier alpha value is -2.78. The Balaban J connectivity index is 2.24. The van der Waals surface area contributed by atoms with Gasteiger partial charge in [-0.05, 0) is 55.2 Å². The van der Waals surface area contributed by atoms with E-state index in [1.807, 2.05) is 31.2 Å². The number of sulfonamides is 1. The van der Waals surface area contributed by atoms with Crippen LogP contribution in [-0.2, 0) is 26.2 Å². The number of likely N-dealkylation sites (N-methyl/N-ethyl adjacent to an activating group) is 1. The first kappa shape index (κ1) is 28.5. The van der Waals surface area contributed by atoms with Crippen LogP contribution in [0.1, 0.15) is 37.3 Å². The highest BCUT2D eigenvalue weighted by Gasteiger charge is 2.28. The molecule has 10 heteroatoms. The molecule has 0 bridgehead atoms. The molecule has 0 radical (unpaired) electrons. The smallest absolute Gasteiger partial charge is 0.242 e. The van der Waals surface area contributed by atoms with Gasteiger partial charge in [-0.25, -0.2) is 8.42 Å². The number of hydrogen-bond acceptors (Lipinski definition) is 5. The zero-order chi connectivity index (χ0) is 26.2. The van der Waals surface area contributed by atoms with Crippen molar-refractivity contribution < 1.29 is 22.7 Å². The number of amides is 2. The SMILES string of the molecule is CC[C@@H](C(=O)NC)N(Cc1cccc(OC)c1)C(=O)CCCN(c1cccc(Cl)c1C)S(C)(=O)=O. The van der Waals surface area contributed by atoms with Crippen LogP contribution in [0.15, 0.2) is 42.5 Å². The molecule has 0 unspecified atom stereocenters. The molecule has 35 heavy (non-hydrogen) atoms. The fourth-order valence-electron chi connectivity index (χ4n) is 3.90. The zero-order valence-corrected chi connectivity index (χ0v) is 22.4. The van der Waals surface area contributed by atoms with Gasteiger partial charge in [-0.2, -0.15) is 0 Å². The molecule has 0 aromatic heterocycles. The van der Waals surface area contributed by atoms with Crippen molar-refractivity contribution >= 4 is 39.1 Å². The summed E-state index contributed by atoms with van der Waals surface area (Å²) in [5.74, 6) is 0.166. The molecular formula is C25H34ClN3O5S. The summed E-state index contributed by atoms with van der Waals surface area (Å²) in [7, 11) is -0.494. The molecule has 2 aromatic carbocycles. The number of anilines is 1. The van der Waals surface area contributed by atoms with Crippen molar-refractivity contribution in [1.82, 2.24) is 10.2 Å². The lowest BCUT2D eigenvalue weighted by molar-refractivity contribution is -0.141.